The van der Waals surface area contributed by atoms with Crippen molar-refractivity contribution >= 4 is 5.82 Å². The molecule has 0 aliphatic rings. The first-order valence-corrected chi connectivity index (χ1v) is 7.15. The van der Waals surface area contributed by atoms with E-state index in [0.29, 0.717) is 0 Å². The van der Waals surface area contributed by atoms with Gasteiger partial charge in [0.15, 0.2) is 0 Å². The van der Waals surface area contributed by atoms with Crippen LogP contribution in [0.3, 0.4) is 0 Å². The second kappa shape index (κ2) is 8.92. The van der Waals surface area contributed by atoms with Crippen LogP contribution in [0.15, 0.2) is 18.3 Å². The van der Waals surface area contributed by atoms with E-state index < -0.39 is 0 Å². The number of rotatable bonds is 9. The highest BCUT2D eigenvalue weighted by molar-refractivity contribution is 5.45. The number of hydrogen-bond donors (Lipinski definition) is 1. The van der Waals surface area contributed by atoms with E-state index in [2.05, 4.69) is 42.2 Å². The van der Waals surface area contributed by atoms with E-state index >= 15 is 0 Å². The standard InChI is InChI=1S/C15H27N3/c1-4-6-7-12-18(3)15-14(9-8-11-17-15)13-16-10-5-2/h8-9,11,16H,4-7,10,12-13H2,1-3H3. The van der Waals surface area contributed by atoms with Gasteiger partial charge in [-0.05, 0) is 25.5 Å². The molecule has 1 heterocycles. The van der Waals surface area contributed by atoms with Gasteiger partial charge in [-0.2, -0.15) is 0 Å². The van der Waals surface area contributed by atoms with Crippen LogP contribution in [0.1, 0.15) is 45.1 Å². The molecular formula is C15H27N3. The molecule has 18 heavy (non-hydrogen) atoms. The molecule has 0 aromatic carbocycles. The summed E-state index contributed by atoms with van der Waals surface area (Å²) >= 11 is 0. The van der Waals surface area contributed by atoms with E-state index in [1.165, 1.54) is 31.2 Å². The second-order valence-corrected chi connectivity index (χ2v) is 4.79. The Labute approximate surface area is 112 Å². The normalized spacial score (nSPS) is 10.6. The summed E-state index contributed by atoms with van der Waals surface area (Å²) in [6.45, 7) is 7.49. The third-order valence-electron chi connectivity index (χ3n) is 3.07. The van der Waals surface area contributed by atoms with Crippen molar-refractivity contribution in [1.29, 1.82) is 0 Å². The molecule has 0 saturated carbocycles. The van der Waals surface area contributed by atoms with Crippen molar-refractivity contribution < 1.29 is 0 Å². The quantitative estimate of drug-likeness (QED) is 0.681. The minimum atomic E-state index is 0.912. The minimum absolute atomic E-state index is 0.912. The van der Waals surface area contributed by atoms with Crippen molar-refractivity contribution in [2.45, 2.75) is 46.1 Å². The van der Waals surface area contributed by atoms with Gasteiger partial charge in [0.2, 0.25) is 0 Å². The predicted molar refractivity (Wildman–Crippen MR) is 79.0 cm³/mol. The Morgan fingerprint density at radius 2 is 2.06 bits per heavy atom. The van der Waals surface area contributed by atoms with Gasteiger partial charge in [-0.3, -0.25) is 0 Å². The van der Waals surface area contributed by atoms with E-state index in [9.17, 15) is 0 Å². The average Bonchev–Trinajstić information content (AvgIpc) is 2.40. The molecule has 1 aromatic rings. The summed E-state index contributed by atoms with van der Waals surface area (Å²) in [5.74, 6) is 1.12. The van der Waals surface area contributed by atoms with E-state index in [-0.39, 0.29) is 0 Å². The van der Waals surface area contributed by atoms with Gasteiger partial charge in [0.05, 0.1) is 0 Å². The average molecular weight is 249 g/mol. The number of nitrogens with one attached hydrogen (secondary N) is 1. The highest BCUT2D eigenvalue weighted by Crippen LogP contribution is 2.16. The number of unbranched alkanes of at least 4 members (excludes halogenated alkanes) is 2. The molecule has 1 aromatic heterocycles. The minimum Gasteiger partial charge on any atom is -0.359 e. The number of pyridine rings is 1. The molecule has 0 amide bonds. The molecule has 3 heteroatoms. The maximum absolute atomic E-state index is 4.52. The second-order valence-electron chi connectivity index (χ2n) is 4.79. The summed E-state index contributed by atoms with van der Waals surface area (Å²) in [7, 11) is 2.14. The molecule has 0 fully saturated rings. The van der Waals surface area contributed by atoms with Gasteiger partial charge in [0, 0.05) is 31.9 Å². The Morgan fingerprint density at radius 3 is 2.78 bits per heavy atom. The van der Waals surface area contributed by atoms with Gasteiger partial charge in [-0.15, -0.1) is 0 Å². The molecule has 0 aliphatic heterocycles. The van der Waals surface area contributed by atoms with Crippen molar-refractivity contribution in [1.82, 2.24) is 10.3 Å². The van der Waals surface area contributed by atoms with Crippen molar-refractivity contribution in [2.75, 3.05) is 25.0 Å². The fourth-order valence-corrected chi connectivity index (χ4v) is 2.02. The fraction of sp³-hybridized carbons (Fsp3) is 0.667. The summed E-state index contributed by atoms with van der Waals surface area (Å²) in [5.41, 5.74) is 1.30. The van der Waals surface area contributed by atoms with Gasteiger partial charge in [0.1, 0.15) is 5.82 Å². The zero-order chi connectivity index (χ0) is 13.2. The van der Waals surface area contributed by atoms with Crippen LogP contribution in [0.25, 0.3) is 0 Å². The van der Waals surface area contributed by atoms with Crippen LogP contribution in [0, 0.1) is 0 Å². The summed E-state index contributed by atoms with van der Waals surface area (Å²) in [6.07, 6.45) is 6.85. The van der Waals surface area contributed by atoms with Crippen LogP contribution in [0.5, 0.6) is 0 Å². The van der Waals surface area contributed by atoms with Crippen LogP contribution in [-0.4, -0.2) is 25.1 Å². The third-order valence-corrected chi connectivity index (χ3v) is 3.07. The molecule has 0 unspecified atom stereocenters. The molecule has 0 saturated heterocycles. The molecule has 102 valence electrons. The Bertz CT molecular complexity index is 325. The Kier molecular flexibility index (Phi) is 7.42. The largest absolute Gasteiger partial charge is 0.359 e. The number of aromatic nitrogens is 1. The van der Waals surface area contributed by atoms with Crippen LogP contribution >= 0.6 is 0 Å². The maximum Gasteiger partial charge on any atom is 0.132 e. The van der Waals surface area contributed by atoms with Crippen molar-refractivity contribution in [3.8, 4) is 0 Å². The lowest BCUT2D eigenvalue weighted by Gasteiger charge is -2.21. The topological polar surface area (TPSA) is 28.2 Å². The summed E-state index contributed by atoms with van der Waals surface area (Å²) in [4.78, 5) is 6.80. The van der Waals surface area contributed by atoms with Crippen LogP contribution in [0.4, 0.5) is 5.82 Å². The van der Waals surface area contributed by atoms with Gasteiger partial charge >= 0.3 is 0 Å². The Morgan fingerprint density at radius 1 is 1.22 bits per heavy atom. The lowest BCUT2D eigenvalue weighted by Crippen LogP contribution is -2.23. The third kappa shape index (κ3) is 5.05. The number of anilines is 1. The SMILES string of the molecule is CCCCCN(C)c1ncccc1CNCCC. The lowest BCUT2D eigenvalue weighted by molar-refractivity contribution is 0.665. The molecule has 0 bridgehead atoms. The first kappa shape index (κ1) is 15.0. The van der Waals surface area contributed by atoms with Crippen LogP contribution in [-0.2, 0) is 6.54 Å². The lowest BCUT2D eigenvalue weighted by atomic mass is 10.2. The molecule has 0 atom stereocenters. The molecule has 0 radical (unpaired) electrons. The van der Waals surface area contributed by atoms with Crippen LogP contribution in [0.2, 0.25) is 0 Å². The van der Waals surface area contributed by atoms with Gasteiger partial charge in [0.25, 0.3) is 0 Å². The molecule has 1 N–H and O–H groups in total. The monoisotopic (exact) mass is 249 g/mol. The summed E-state index contributed by atoms with van der Waals surface area (Å²) in [6, 6.07) is 4.19. The van der Waals surface area contributed by atoms with E-state index in [4.69, 9.17) is 0 Å². The van der Waals surface area contributed by atoms with Crippen molar-refractivity contribution in [3.63, 3.8) is 0 Å². The van der Waals surface area contributed by atoms with Gasteiger partial charge in [-0.25, -0.2) is 4.98 Å². The molecular weight excluding hydrogens is 222 g/mol. The zero-order valence-corrected chi connectivity index (χ0v) is 12.1. The number of nitrogens with zero attached hydrogens (tertiary/aromatic N) is 2. The highest BCUT2D eigenvalue weighted by Gasteiger charge is 2.07. The number of hydrogen-bond acceptors (Lipinski definition) is 3. The van der Waals surface area contributed by atoms with E-state index in [1.807, 2.05) is 12.3 Å². The molecule has 1 rings (SSSR count). The van der Waals surface area contributed by atoms with Gasteiger partial charge in [-0.1, -0.05) is 32.8 Å². The molecule has 3 nitrogen and oxygen atoms in total. The summed E-state index contributed by atoms with van der Waals surface area (Å²) < 4.78 is 0. The predicted octanol–water partition coefficient (Wildman–Crippen LogP) is 3.21. The smallest absolute Gasteiger partial charge is 0.132 e. The van der Waals surface area contributed by atoms with Gasteiger partial charge < -0.3 is 10.2 Å². The zero-order valence-electron chi connectivity index (χ0n) is 12.1. The molecule has 0 aliphatic carbocycles. The highest BCUT2D eigenvalue weighted by atomic mass is 15.2. The van der Waals surface area contributed by atoms with E-state index in [1.54, 1.807) is 0 Å². The maximum atomic E-state index is 4.52. The Hall–Kier alpha value is -1.09. The first-order chi connectivity index (χ1) is 8.79. The van der Waals surface area contributed by atoms with Crippen molar-refractivity contribution in [2.24, 2.45) is 0 Å². The van der Waals surface area contributed by atoms with E-state index in [0.717, 1.165) is 25.5 Å². The van der Waals surface area contributed by atoms with Crippen LogP contribution < -0.4 is 10.2 Å². The molecule has 0 spiro atoms. The van der Waals surface area contributed by atoms with Crippen molar-refractivity contribution in [3.05, 3.63) is 23.9 Å². The first-order valence-electron chi connectivity index (χ1n) is 7.15. The fourth-order valence-electron chi connectivity index (χ4n) is 2.02. The Balaban J connectivity index is 2.56. The summed E-state index contributed by atoms with van der Waals surface area (Å²) in [5, 5.41) is 3.45.